The van der Waals surface area contributed by atoms with Crippen molar-refractivity contribution < 1.29 is 14.3 Å². The third kappa shape index (κ3) is 2.39. The van der Waals surface area contributed by atoms with Crippen LogP contribution >= 0.6 is 0 Å². The Morgan fingerprint density at radius 3 is 2.55 bits per heavy atom. The van der Waals surface area contributed by atoms with Crippen molar-refractivity contribution in [2.75, 3.05) is 13.7 Å². The van der Waals surface area contributed by atoms with E-state index in [-0.39, 0.29) is 5.97 Å². The molecule has 1 heterocycles. The zero-order valence-corrected chi connectivity index (χ0v) is 13.0. The monoisotopic (exact) mass is 294 g/mol. The van der Waals surface area contributed by atoms with Crippen LogP contribution in [0.1, 0.15) is 32.6 Å². The molecule has 0 fully saturated rings. The molecule has 0 amide bonds. The number of esters is 1. The molecule has 0 saturated heterocycles. The fourth-order valence-electron chi connectivity index (χ4n) is 2.91. The zero-order chi connectivity index (χ0) is 15.7. The fourth-order valence-corrected chi connectivity index (χ4v) is 2.91. The third-order valence-electron chi connectivity index (χ3n) is 3.97. The van der Waals surface area contributed by atoms with Crippen LogP contribution in [0, 0.1) is 13.8 Å². The van der Waals surface area contributed by atoms with Crippen LogP contribution in [0.15, 0.2) is 42.5 Å². The number of fused-ring (bicyclic) bond motifs is 1. The van der Waals surface area contributed by atoms with Gasteiger partial charge >= 0.3 is 5.97 Å². The van der Waals surface area contributed by atoms with Gasteiger partial charge in [-0.1, -0.05) is 18.2 Å². The lowest BCUT2D eigenvalue weighted by molar-refractivity contribution is 0.0600. The predicted octanol–water partition coefficient (Wildman–Crippen LogP) is 3.91. The van der Waals surface area contributed by atoms with E-state index in [1.807, 2.05) is 12.1 Å². The first kappa shape index (κ1) is 14.4. The van der Waals surface area contributed by atoms with Gasteiger partial charge in [-0.3, -0.25) is 0 Å². The van der Waals surface area contributed by atoms with Gasteiger partial charge in [0.15, 0.2) is 0 Å². The summed E-state index contributed by atoms with van der Waals surface area (Å²) in [4.78, 5) is 11.8. The molecule has 3 heteroatoms. The second kappa shape index (κ2) is 5.68. The summed E-state index contributed by atoms with van der Waals surface area (Å²) in [6.07, 6.45) is 2.07. The Labute approximate surface area is 130 Å². The van der Waals surface area contributed by atoms with E-state index >= 15 is 0 Å². The molecule has 0 aliphatic carbocycles. The average Bonchev–Trinajstić information content (AvgIpc) is 2.53. The quantitative estimate of drug-likeness (QED) is 0.788. The molecule has 0 bridgehead atoms. The number of benzene rings is 2. The van der Waals surface area contributed by atoms with Crippen LogP contribution in [0.2, 0.25) is 0 Å². The van der Waals surface area contributed by atoms with Gasteiger partial charge in [0.25, 0.3) is 0 Å². The summed E-state index contributed by atoms with van der Waals surface area (Å²) in [7, 11) is 1.39. The Morgan fingerprint density at radius 2 is 1.86 bits per heavy atom. The molecule has 0 saturated carbocycles. The van der Waals surface area contributed by atoms with Crippen molar-refractivity contribution in [3.8, 4) is 5.75 Å². The van der Waals surface area contributed by atoms with E-state index < -0.39 is 0 Å². The van der Waals surface area contributed by atoms with E-state index in [9.17, 15) is 4.79 Å². The van der Waals surface area contributed by atoms with Crippen molar-refractivity contribution in [1.82, 2.24) is 0 Å². The van der Waals surface area contributed by atoms with Crippen LogP contribution in [0.25, 0.3) is 5.57 Å². The van der Waals surface area contributed by atoms with Crippen molar-refractivity contribution in [3.63, 3.8) is 0 Å². The molecule has 1 aliphatic rings. The van der Waals surface area contributed by atoms with Crippen molar-refractivity contribution in [2.24, 2.45) is 0 Å². The number of methoxy groups -OCH3 is 1. The standard InChI is InChI=1S/C19H18O3/c1-12-5-4-6-13(2)18(12)15-9-10-22-17-8-7-14(11-16(15)17)19(20)21-3/h4-9,11H,10H2,1-3H3. The first-order chi connectivity index (χ1) is 10.6. The van der Waals surface area contributed by atoms with Crippen LogP contribution in [0.4, 0.5) is 0 Å². The van der Waals surface area contributed by atoms with Gasteiger partial charge in [-0.2, -0.15) is 0 Å². The maximum atomic E-state index is 11.8. The molecular weight excluding hydrogens is 276 g/mol. The predicted molar refractivity (Wildman–Crippen MR) is 86.3 cm³/mol. The van der Waals surface area contributed by atoms with E-state index in [1.165, 1.54) is 23.8 Å². The van der Waals surface area contributed by atoms with Gasteiger partial charge in [0, 0.05) is 5.56 Å². The van der Waals surface area contributed by atoms with Crippen LogP contribution in [0.3, 0.4) is 0 Å². The highest BCUT2D eigenvalue weighted by atomic mass is 16.5. The Kier molecular flexibility index (Phi) is 3.72. The Balaban J connectivity index is 2.17. The molecule has 0 spiro atoms. The second-order valence-corrected chi connectivity index (χ2v) is 5.40. The lowest BCUT2D eigenvalue weighted by atomic mass is 9.88. The normalized spacial score (nSPS) is 13.0. The van der Waals surface area contributed by atoms with Crippen molar-refractivity contribution in [1.29, 1.82) is 0 Å². The van der Waals surface area contributed by atoms with E-state index in [1.54, 1.807) is 6.07 Å². The number of hydrogen-bond acceptors (Lipinski definition) is 3. The average molecular weight is 294 g/mol. The van der Waals surface area contributed by atoms with Crippen LogP contribution in [-0.2, 0) is 4.74 Å². The molecule has 0 aromatic heterocycles. The van der Waals surface area contributed by atoms with E-state index in [0.717, 1.165) is 16.9 Å². The van der Waals surface area contributed by atoms with Crippen LogP contribution < -0.4 is 4.74 Å². The molecule has 0 N–H and O–H groups in total. The van der Waals surface area contributed by atoms with Crippen molar-refractivity contribution in [3.05, 3.63) is 70.3 Å². The van der Waals surface area contributed by atoms with Gasteiger partial charge in [0.2, 0.25) is 0 Å². The number of carbonyl (C=O) groups excluding carboxylic acids is 1. The fraction of sp³-hybridized carbons (Fsp3) is 0.211. The number of carbonyl (C=O) groups is 1. The smallest absolute Gasteiger partial charge is 0.337 e. The Morgan fingerprint density at radius 1 is 1.14 bits per heavy atom. The molecule has 2 aromatic rings. The van der Waals surface area contributed by atoms with Crippen molar-refractivity contribution >= 4 is 11.5 Å². The van der Waals surface area contributed by atoms with Gasteiger partial charge in [0.05, 0.1) is 12.7 Å². The number of rotatable bonds is 2. The first-order valence-corrected chi connectivity index (χ1v) is 7.24. The SMILES string of the molecule is COC(=O)c1ccc2c(c1)C(c1c(C)cccc1C)=CCO2. The summed E-state index contributed by atoms with van der Waals surface area (Å²) < 4.78 is 10.5. The highest BCUT2D eigenvalue weighted by molar-refractivity contribution is 5.93. The molecule has 3 rings (SSSR count). The molecule has 0 unspecified atom stereocenters. The van der Waals surface area contributed by atoms with Crippen molar-refractivity contribution in [2.45, 2.75) is 13.8 Å². The molecular formula is C19H18O3. The van der Waals surface area contributed by atoms with Crippen LogP contribution in [-0.4, -0.2) is 19.7 Å². The highest BCUT2D eigenvalue weighted by Crippen LogP contribution is 2.37. The molecule has 2 aromatic carbocycles. The molecule has 22 heavy (non-hydrogen) atoms. The molecule has 0 atom stereocenters. The highest BCUT2D eigenvalue weighted by Gasteiger charge is 2.20. The Hall–Kier alpha value is -2.55. The topological polar surface area (TPSA) is 35.5 Å². The van der Waals surface area contributed by atoms with Gasteiger partial charge in [-0.05, 0) is 60.4 Å². The van der Waals surface area contributed by atoms with Crippen LogP contribution in [0.5, 0.6) is 5.75 Å². The minimum Gasteiger partial charge on any atom is -0.489 e. The van der Waals surface area contributed by atoms with Gasteiger partial charge < -0.3 is 9.47 Å². The maximum absolute atomic E-state index is 11.8. The maximum Gasteiger partial charge on any atom is 0.337 e. The minimum atomic E-state index is -0.339. The molecule has 0 radical (unpaired) electrons. The summed E-state index contributed by atoms with van der Waals surface area (Å²) in [5.41, 5.74) is 6.21. The lowest BCUT2D eigenvalue weighted by Crippen LogP contribution is -2.09. The van der Waals surface area contributed by atoms with Gasteiger partial charge in [-0.25, -0.2) is 4.79 Å². The molecule has 1 aliphatic heterocycles. The van der Waals surface area contributed by atoms with E-state index in [4.69, 9.17) is 9.47 Å². The third-order valence-corrected chi connectivity index (χ3v) is 3.97. The Bertz CT molecular complexity index is 752. The largest absolute Gasteiger partial charge is 0.489 e. The van der Waals surface area contributed by atoms with E-state index in [0.29, 0.717) is 12.2 Å². The number of hydrogen-bond donors (Lipinski definition) is 0. The second-order valence-electron chi connectivity index (χ2n) is 5.40. The summed E-state index contributed by atoms with van der Waals surface area (Å²) >= 11 is 0. The number of ether oxygens (including phenoxy) is 2. The van der Waals surface area contributed by atoms with Gasteiger partial charge in [0.1, 0.15) is 12.4 Å². The minimum absolute atomic E-state index is 0.339. The van der Waals surface area contributed by atoms with Gasteiger partial charge in [-0.15, -0.1) is 0 Å². The summed E-state index contributed by atoms with van der Waals surface area (Å²) in [5, 5.41) is 0. The summed E-state index contributed by atoms with van der Waals surface area (Å²) in [6, 6.07) is 11.7. The molecule has 112 valence electrons. The summed E-state index contributed by atoms with van der Waals surface area (Å²) in [6.45, 7) is 4.73. The zero-order valence-electron chi connectivity index (χ0n) is 13.0. The molecule has 3 nitrogen and oxygen atoms in total. The summed E-state index contributed by atoms with van der Waals surface area (Å²) in [5.74, 6) is 0.460. The first-order valence-electron chi connectivity index (χ1n) is 7.24. The lowest BCUT2D eigenvalue weighted by Gasteiger charge is -2.22. The number of aryl methyl sites for hydroxylation is 2. The van der Waals surface area contributed by atoms with E-state index in [2.05, 4.69) is 38.1 Å².